The average molecular weight is 360 g/mol. The molecule has 0 spiro atoms. The molecule has 0 saturated heterocycles. The minimum absolute atomic E-state index is 0.0328. The zero-order chi connectivity index (χ0) is 15.7. The summed E-state index contributed by atoms with van der Waals surface area (Å²) in [6.45, 7) is 9.07. The minimum Gasteiger partial charge on any atom is -0.490 e. The Morgan fingerprint density at radius 3 is 2.67 bits per heavy atom. The fraction of sp³-hybridized carbons (Fsp3) is 0.625. The highest BCUT2D eigenvalue weighted by atomic mass is 79.9. The molecule has 0 aliphatic carbocycles. The summed E-state index contributed by atoms with van der Waals surface area (Å²) in [6, 6.07) is 4.10. The fourth-order valence-corrected chi connectivity index (χ4v) is 2.56. The Morgan fingerprint density at radius 1 is 1.29 bits per heavy atom. The lowest BCUT2D eigenvalue weighted by molar-refractivity contribution is 0.0888. The molecule has 5 heteroatoms. The normalized spacial score (nSPS) is 12.2. The molecule has 1 atom stereocenters. The Bertz CT molecular complexity index is 426. The van der Waals surface area contributed by atoms with Crippen molar-refractivity contribution in [3.63, 3.8) is 0 Å². The maximum atomic E-state index is 5.93. The van der Waals surface area contributed by atoms with Gasteiger partial charge in [-0.15, -0.1) is 0 Å². The van der Waals surface area contributed by atoms with E-state index in [4.69, 9.17) is 14.2 Å². The second kappa shape index (κ2) is 10.0. The topological polar surface area (TPSA) is 39.7 Å². The third-order valence-corrected chi connectivity index (χ3v) is 3.43. The van der Waals surface area contributed by atoms with E-state index in [0.717, 1.165) is 35.5 Å². The predicted octanol–water partition coefficient (Wildman–Crippen LogP) is 3.76. The molecule has 0 fully saturated rings. The first-order chi connectivity index (χ1) is 10.1. The molecule has 0 radical (unpaired) electrons. The number of hydrogen-bond acceptors (Lipinski definition) is 4. The molecule has 1 aromatic rings. The molecule has 1 aromatic carbocycles. The van der Waals surface area contributed by atoms with Gasteiger partial charge in [0, 0.05) is 13.7 Å². The fourth-order valence-electron chi connectivity index (χ4n) is 1.98. The van der Waals surface area contributed by atoms with E-state index in [1.165, 1.54) is 5.56 Å². The van der Waals surface area contributed by atoms with Gasteiger partial charge < -0.3 is 19.5 Å². The van der Waals surface area contributed by atoms with E-state index in [1.54, 1.807) is 7.11 Å². The molecular weight excluding hydrogens is 334 g/mol. The first-order valence-corrected chi connectivity index (χ1v) is 8.23. The van der Waals surface area contributed by atoms with Gasteiger partial charge in [0.15, 0.2) is 11.5 Å². The van der Waals surface area contributed by atoms with E-state index in [2.05, 4.69) is 34.2 Å². The lowest BCUT2D eigenvalue weighted by Gasteiger charge is -2.19. The van der Waals surface area contributed by atoms with Gasteiger partial charge in [-0.2, -0.15) is 0 Å². The van der Waals surface area contributed by atoms with Gasteiger partial charge in [-0.1, -0.05) is 6.92 Å². The largest absolute Gasteiger partial charge is 0.490 e. The van der Waals surface area contributed by atoms with Crippen LogP contribution in [0.4, 0.5) is 0 Å². The van der Waals surface area contributed by atoms with E-state index in [0.29, 0.717) is 13.2 Å². The third-order valence-electron chi connectivity index (χ3n) is 2.85. The summed E-state index contributed by atoms with van der Waals surface area (Å²) in [5.41, 5.74) is 1.17. The van der Waals surface area contributed by atoms with Crippen LogP contribution in [0.25, 0.3) is 0 Å². The Labute approximate surface area is 136 Å². The maximum Gasteiger partial charge on any atom is 0.175 e. The van der Waals surface area contributed by atoms with Crippen LogP contribution in [0.5, 0.6) is 11.5 Å². The quantitative estimate of drug-likeness (QED) is 0.645. The van der Waals surface area contributed by atoms with Crippen LogP contribution < -0.4 is 14.8 Å². The lowest BCUT2D eigenvalue weighted by atomic mass is 10.2. The van der Waals surface area contributed by atoms with Crippen LogP contribution in [0.2, 0.25) is 0 Å². The van der Waals surface area contributed by atoms with Crippen molar-refractivity contribution >= 4 is 15.9 Å². The number of halogens is 1. The van der Waals surface area contributed by atoms with Crippen LogP contribution in [0, 0.1) is 0 Å². The summed E-state index contributed by atoms with van der Waals surface area (Å²) < 4.78 is 17.7. The second-order valence-corrected chi connectivity index (χ2v) is 5.75. The van der Waals surface area contributed by atoms with Crippen LogP contribution in [-0.4, -0.2) is 33.0 Å². The number of benzene rings is 1. The van der Waals surface area contributed by atoms with E-state index in [1.807, 2.05) is 19.9 Å². The van der Waals surface area contributed by atoms with Crippen molar-refractivity contribution in [1.82, 2.24) is 5.32 Å². The number of ether oxygens (including phenoxy) is 3. The molecule has 0 aliphatic rings. The molecule has 0 heterocycles. The second-order valence-electron chi connectivity index (χ2n) is 4.90. The Hall–Kier alpha value is -0.780. The molecule has 1 unspecified atom stereocenters. The Kier molecular flexibility index (Phi) is 8.73. The number of nitrogens with one attached hydrogen (secondary N) is 1. The number of hydrogen-bond donors (Lipinski definition) is 1. The molecule has 0 amide bonds. The van der Waals surface area contributed by atoms with Crippen molar-refractivity contribution < 1.29 is 14.2 Å². The highest BCUT2D eigenvalue weighted by Crippen LogP contribution is 2.37. The predicted molar refractivity (Wildman–Crippen MR) is 89.3 cm³/mol. The SMILES string of the molecule is CCCNCc1cc(Br)c(OC(C)COC)c(OCC)c1. The van der Waals surface area contributed by atoms with Gasteiger partial charge in [0.25, 0.3) is 0 Å². The van der Waals surface area contributed by atoms with Gasteiger partial charge >= 0.3 is 0 Å². The molecule has 0 bridgehead atoms. The van der Waals surface area contributed by atoms with Crippen LogP contribution in [0.15, 0.2) is 16.6 Å². The van der Waals surface area contributed by atoms with Crippen molar-refractivity contribution in [2.45, 2.75) is 39.8 Å². The number of rotatable bonds is 10. The molecule has 4 nitrogen and oxygen atoms in total. The van der Waals surface area contributed by atoms with Gasteiger partial charge in [-0.3, -0.25) is 0 Å². The highest BCUT2D eigenvalue weighted by Gasteiger charge is 2.15. The maximum absolute atomic E-state index is 5.93. The summed E-state index contributed by atoms with van der Waals surface area (Å²) in [4.78, 5) is 0. The summed E-state index contributed by atoms with van der Waals surface area (Å²) in [7, 11) is 1.67. The zero-order valence-corrected chi connectivity index (χ0v) is 15.0. The van der Waals surface area contributed by atoms with Crippen molar-refractivity contribution in [2.24, 2.45) is 0 Å². The van der Waals surface area contributed by atoms with E-state index >= 15 is 0 Å². The van der Waals surface area contributed by atoms with Crippen LogP contribution in [0.3, 0.4) is 0 Å². The van der Waals surface area contributed by atoms with Gasteiger partial charge in [0.2, 0.25) is 0 Å². The van der Waals surface area contributed by atoms with Crippen molar-refractivity contribution in [1.29, 1.82) is 0 Å². The van der Waals surface area contributed by atoms with E-state index in [9.17, 15) is 0 Å². The van der Waals surface area contributed by atoms with Crippen molar-refractivity contribution in [2.75, 3.05) is 26.9 Å². The highest BCUT2D eigenvalue weighted by molar-refractivity contribution is 9.10. The summed E-state index contributed by atoms with van der Waals surface area (Å²) >= 11 is 3.58. The van der Waals surface area contributed by atoms with Gasteiger partial charge in [0.05, 0.1) is 17.7 Å². The Balaban J connectivity index is 2.90. The van der Waals surface area contributed by atoms with Crippen LogP contribution in [0.1, 0.15) is 32.8 Å². The van der Waals surface area contributed by atoms with E-state index in [-0.39, 0.29) is 6.10 Å². The van der Waals surface area contributed by atoms with Crippen LogP contribution >= 0.6 is 15.9 Å². The molecule has 0 aliphatic heterocycles. The van der Waals surface area contributed by atoms with Gasteiger partial charge in [-0.05, 0) is 60.4 Å². The molecule has 120 valence electrons. The minimum atomic E-state index is -0.0328. The molecule has 0 aromatic heterocycles. The molecular formula is C16H26BrNO3. The smallest absolute Gasteiger partial charge is 0.175 e. The lowest BCUT2D eigenvalue weighted by Crippen LogP contribution is -2.19. The van der Waals surface area contributed by atoms with Gasteiger partial charge in [-0.25, -0.2) is 0 Å². The third kappa shape index (κ3) is 6.24. The molecule has 0 saturated carbocycles. The summed E-state index contributed by atoms with van der Waals surface area (Å²) in [5.74, 6) is 1.50. The Morgan fingerprint density at radius 2 is 2.05 bits per heavy atom. The number of methoxy groups -OCH3 is 1. The molecule has 1 rings (SSSR count). The standard InChI is InChI=1S/C16H26BrNO3/c1-5-7-18-10-13-8-14(17)16(15(9-13)20-6-2)21-12(3)11-19-4/h8-9,12,18H,5-7,10-11H2,1-4H3. The van der Waals surface area contributed by atoms with Gasteiger partial charge in [0.1, 0.15) is 6.10 Å². The monoisotopic (exact) mass is 359 g/mol. The molecule has 1 N–H and O–H groups in total. The van der Waals surface area contributed by atoms with E-state index < -0.39 is 0 Å². The summed E-state index contributed by atoms with van der Waals surface area (Å²) in [5, 5.41) is 3.39. The zero-order valence-electron chi connectivity index (χ0n) is 13.4. The first kappa shape index (κ1) is 18.3. The average Bonchev–Trinajstić information content (AvgIpc) is 2.43. The molecule has 21 heavy (non-hydrogen) atoms. The summed E-state index contributed by atoms with van der Waals surface area (Å²) in [6.07, 6.45) is 1.09. The van der Waals surface area contributed by atoms with Crippen LogP contribution in [-0.2, 0) is 11.3 Å². The van der Waals surface area contributed by atoms with Crippen molar-refractivity contribution in [3.8, 4) is 11.5 Å². The van der Waals surface area contributed by atoms with Crippen molar-refractivity contribution in [3.05, 3.63) is 22.2 Å². The first-order valence-electron chi connectivity index (χ1n) is 7.43.